The van der Waals surface area contributed by atoms with Crippen LogP contribution in [0.25, 0.3) is 0 Å². The number of hydrogen-bond donors (Lipinski definition) is 2. The zero-order chi connectivity index (χ0) is 18.9. The number of benzene rings is 1. The summed E-state index contributed by atoms with van der Waals surface area (Å²) in [6, 6.07) is 3.62. The van der Waals surface area contributed by atoms with Gasteiger partial charge in [0.25, 0.3) is 0 Å². The number of guanidine groups is 1. The number of aliphatic imine (C=N–C) groups is 1. The van der Waals surface area contributed by atoms with Gasteiger partial charge in [-0.1, -0.05) is 0 Å². The predicted molar refractivity (Wildman–Crippen MR) is 114 cm³/mol. The highest BCUT2D eigenvalue weighted by Crippen LogP contribution is 2.17. The third kappa shape index (κ3) is 7.59. The van der Waals surface area contributed by atoms with Crippen LogP contribution in [0.4, 0.5) is 8.78 Å². The van der Waals surface area contributed by atoms with E-state index in [0.717, 1.165) is 37.6 Å². The van der Waals surface area contributed by atoms with Gasteiger partial charge in [0.1, 0.15) is 11.6 Å². The second kappa shape index (κ2) is 12.1. The smallest absolute Gasteiger partial charge is 0.224 e. The molecule has 1 amide bonds. The summed E-state index contributed by atoms with van der Waals surface area (Å²) in [5.41, 5.74) is 0.195. The molecule has 0 spiro atoms. The average Bonchev–Trinajstić information content (AvgIpc) is 2.62. The highest BCUT2D eigenvalue weighted by atomic mass is 127. The van der Waals surface area contributed by atoms with Crippen molar-refractivity contribution in [3.8, 4) is 0 Å². The summed E-state index contributed by atoms with van der Waals surface area (Å²) < 4.78 is 26.9. The number of nitrogens with zero attached hydrogens (tertiary/aromatic N) is 2. The molecule has 1 aliphatic heterocycles. The Balaban J connectivity index is 0.00000364. The zero-order valence-electron chi connectivity index (χ0n) is 15.9. The first kappa shape index (κ1) is 23.6. The summed E-state index contributed by atoms with van der Waals surface area (Å²) >= 11 is 0. The minimum Gasteiger partial charge on any atom is -0.357 e. The fourth-order valence-electron chi connectivity index (χ4n) is 3.07. The highest BCUT2D eigenvalue weighted by molar-refractivity contribution is 14.0. The van der Waals surface area contributed by atoms with Crippen LogP contribution in [0.5, 0.6) is 0 Å². The molecule has 1 fully saturated rings. The van der Waals surface area contributed by atoms with Crippen molar-refractivity contribution < 1.29 is 13.6 Å². The van der Waals surface area contributed by atoms with Crippen LogP contribution in [0.3, 0.4) is 0 Å². The molecule has 0 aromatic heterocycles. The van der Waals surface area contributed by atoms with Gasteiger partial charge in [0.2, 0.25) is 5.91 Å². The zero-order valence-corrected chi connectivity index (χ0v) is 18.3. The van der Waals surface area contributed by atoms with Gasteiger partial charge in [0.15, 0.2) is 5.96 Å². The Morgan fingerprint density at radius 2 is 2.07 bits per heavy atom. The van der Waals surface area contributed by atoms with Crippen molar-refractivity contribution in [3.63, 3.8) is 0 Å². The third-order valence-electron chi connectivity index (χ3n) is 4.51. The van der Waals surface area contributed by atoms with E-state index in [-0.39, 0.29) is 42.0 Å². The van der Waals surface area contributed by atoms with Crippen LogP contribution in [0.1, 0.15) is 45.1 Å². The van der Waals surface area contributed by atoms with Crippen molar-refractivity contribution in [1.82, 2.24) is 15.5 Å². The molecule has 0 saturated carbocycles. The van der Waals surface area contributed by atoms with Crippen molar-refractivity contribution >= 4 is 35.8 Å². The average molecular weight is 494 g/mol. The van der Waals surface area contributed by atoms with Gasteiger partial charge in [-0.2, -0.15) is 0 Å². The summed E-state index contributed by atoms with van der Waals surface area (Å²) in [6.45, 7) is 5.93. The Bertz CT molecular complexity index is 642. The normalized spacial score (nSPS) is 17.3. The maximum Gasteiger partial charge on any atom is 0.224 e. The molecule has 27 heavy (non-hydrogen) atoms. The number of nitrogens with one attached hydrogen (secondary N) is 2. The maximum atomic E-state index is 13.7. The number of hydrogen-bond acceptors (Lipinski definition) is 2. The molecule has 8 heteroatoms. The van der Waals surface area contributed by atoms with Crippen LogP contribution in [-0.2, 0) is 11.3 Å². The van der Waals surface area contributed by atoms with E-state index in [1.807, 2.05) is 11.8 Å². The van der Waals surface area contributed by atoms with Crippen molar-refractivity contribution in [1.29, 1.82) is 0 Å². The molecule has 1 atom stereocenters. The number of likely N-dealkylation sites (tertiary alicyclic amines) is 1. The van der Waals surface area contributed by atoms with E-state index in [1.165, 1.54) is 6.42 Å². The molecule has 0 bridgehead atoms. The lowest BCUT2D eigenvalue weighted by Crippen LogP contribution is -2.44. The highest BCUT2D eigenvalue weighted by Gasteiger charge is 2.22. The molecule has 2 N–H and O–H groups in total. The Morgan fingerprint density at radius 3 is 2.78 bits per heavy atom. The third-order valence-corrected chi connectivity index (χ3v) is 4.51. The van der Waals surface area contributed by atoms with Gasteiger partial charge in [-0.3, -0.25) is 4.79 Å². The molecule has 1 heterocycles. The van der Waals surface area contributed by atoms with E-state index in [9.17, 15) is 13.6 Å². The Kier molecular flexibility index (Phi) is 10.6. The second-order valence-corrected chi connectivity index (χ2v) is 6.54. The number of amides is 1. The Morgan fingerprint density at radius 1 is 1.30 bits per heavy atom. The van der Waals surface area contributed by atoms with E-state index in [1.54, 1.807) is 0 Å². The molecule has 0 radical (unpaired) electrons. The monoisotopic (exact) mass is 494 g/mol. The van der Waals surface area contributed by atoms with Crippen molar-refractivity contribution in [2.75, 3.05) is 19.6 Å². The van der Waals surface area contributed by atoms with E-state index in [2.05, 4.69) is 22.5 Å². The number of piperidine rings is 1. The van der Waals surface area contributed by atoms with Gasteiger partial charge in [0, 0.05) is 37.7 Å². The molecule has 0 aliphatic carbocycles. The first-order chi connectivity index (χ1) is 12.5. The van der Waals surface area contributed by atoms with Gasteiger partial charge in [-0.25, -0.2) is 13.8 Å². The van der Waals surface area contributed by atoms with Crippen LogP contribution in [0, 0.1) is 11.6 Å². The Hall–Kier alpha value is -1.45. The first-order valence-corrected chi connectivity index (χ1v) is 9.26. The molecular formula is C19H29F2IN4O. The van der Waals surface area contributed by atoms with Gasteiger partial charge in [-0.15, -0.1) is 24.0 Å². The fourth-order valence-corrected chi connectivity index (χ4v) is 3.07. The van der Waals surface area contributed by atoms with Gasteiger partial charge in [-0.05, 0) is 51.3 Å². The first-order valence-electron chi connectivity index (χ1n) is 9.26. The largest absolute Gasteiger partial charge is 0.357 e. The SMILES string of the molecule is CCNC(=NCc1cc(F)ccc1F)NCCC(=O)N1CCCCC1C.I. The summed E-state index contributed by atoms with van der Waals surface area (Å²) in [7, 11) is 0. The second-order valence-electron chi connectivity index (χ2n) is 6.54. The molecule has 1 aromatic rings. The standard InChI is InChI=1S/C19H28F2N4O.HI/c1-3-22-19(24-13-15-12-16(20)7-8-17(15)21)23-10-9-18(26)25-11-5-4-6-14(25)2;/h7-8,12,14H,3-6,9-11,13H2,1-2H3,(H2,22,23,24);1H. The van der Waals surface area contributed by atoms with E-state index >= 15 is 0 Å². The lowest BCUT2D eigenvalue weighted by Gasteiger charge is -2.33. The quantitative estimate of drug-likeness (QED) is 0.362. The molecule has 1 aliphatic rings. The fraction of sp³-hybridized carbons (Fsp3) is 0.579. The minimum absolute atomic E-state index is 0. The number of rotatable bonds is 6. The molecular weight excluding hydrogens is 465 g/mol. The summed E-state index contributed by atoms with van der Waals surface area (Å²) in [4.78, 5) is 18.6. The molecule has 5 nitrogen and oxygen atoms in total. The van der Waals surface area contributed by atoms with E-state index in [0.29, 0.717) is 31.5 Å². The predicted octanol–water partition coefficient (Wildman–Crippen LogP) is 3.43. The molecule has 1 aromatic carbocycles. The summed E-state index contributed by atoms with van der Waals surface area (Å²) in [5.74, 6) is -0.358. The minimum atomic E-state index is -0.490. The molecule has 2 rings (SSSR count). The van der Waals surface area contributed by atoms with Crippen LogP contribution in [0.15, 0.2) is 23.2 Å². The van der Waals surface area contributed by atoms with Crippen molar-refractivity contribution in [2.24, 2.45) is 4.99 Å². The lowest BCUT2D eigenvalue weighted by molar-refractivity contribution is -0.134. The number of halogens is 3. The number of carbonyl (C=O) groups excluding carboxylic acids is 1. The van der Waals surface area contributed by atoms with E-state index in [4.69, 9.17) is 0 Å². The molecule has 1 saturated heterocycles. The maximum absolute atomic E-state index is 13.7. The summed E-state index contributed by atoms with van der Waals surface area (Å²) in [6.07, 6.45) is 3.68. The van der Waals surface area contributed by atoms with E-state index < -0.39 is 11.6 Å². The van der Waals surface area contributed by atoms with Crippen LogP contribution in [-0.4, -0.2) is 42.4 Å². The van der Waals surface area contributed by atoms with Crippen LogP contribution < -0.4 is 10.6 Å². The van der Waals surface area contributed by atoms with Gasteiger partial charge < -0.3 is 15.5 Å². The molecule has 1 unspecified atom stereocenters. The van der Waals surface area contributed by atoms with Crippen molar-refractivity contribution in [2.45, 2.75) is 52.1 Å². The molecule has 152 valence electrons. The lowest BCUT2D eigenvalue weighted by atomic mass is 10.0. The number of carbonyl (C=O) groups is 1. The Labute approximate surface area is 177 Å². The topological polar surface area (TPSA) is 56.7 Å². The van der Waals surface area contributed by atoms with Gasteiger partial charge >= 0.3 is 0 Å². The van der Waals surface area contributed by atoms with Crippen LogP contribution >= 0.6 is 24.0 Å². The summed E-state index contributed by atoms with van der Waals surface area (Å²) in [5, 5.41) is 6.13. The van der Waals surface area contributed by atoms with Crippen LogP contribution in [0.2, 0.25) is 0 Å². The van der Waals surface area contributed by atoms with Gasteiger partial charge in [0.05, 0.1) is 6.54 Å². The van der Waals surface area contributed by atoms with Crippen molar-refractivity contribution in [3.05, 3.63) is 35.4 Å².